The van der Waals surface area contributed by atoms with Crippen LogP contribution < -0.4 is 10.5 Å². The molecule has 3 atom stereocenters. The number of nitriles is 1. The first kappa shape index (κ1) is 24.4. The van der Waals surface area contributed by atoms with Gasteiger partial charge >= 0.3 is 0 Å². The van der Waals surface area contributed by atoms with Crippen molar-refractivity contribution < 1.29 is 4.39 Å². The molecule has 0 saturated carbocycles. The second kappa shape index (κ2) is 9.64. The van der Waals surface area contributed by atoms with Crippen LogP contribution in [0.2, 0.25) is 0 Å². The summed E-state index contributed by atoms with van der Waals surface area (Å²) < 4.78 is 19.5. The van der Waals surface area contributed by atoms with Crippen LogP contribution in [0.15, 0.2) is 34.7 Å². The van der Waals surface area contributed by atoms with E-state index in [1.54, 1.807) is 29.3 Å². The Balaban J connectivity index is 1.53. The third kappa shape index (κ3) is 3.96. The van der Waals surface area contributed by atoms with E-state index in [1.807, 2.05) is 12.1 Å². The summed E-state index contributed by atoms with van der Waals surface area (Å²) in [6, 6.07) is 7.82. The number of hydrogen-bond acceptors (Lipinski definition) is 7. The van der Waals surface area contributed by atoms with Gasteiger partial charge in [-0.05, 0) is 25.8 Å². The van der Waals surface area contributed by atoms with Crippen molar-refractivity contribution in [1.29, 1.82) is 5.26 Å². The van der Waals surface area contributed by atoms with Crippen molar-refractivity contribution in [3.05, 3.63) is 57.3 Å². The van der Waals surface area contributed by atoms with E-state index in [0.717, 1.165) is 29.8 Å². The number of hydrogen-bond donors (Lipinski definition) is 0. The van der Waals surface area contributed by atoms with Crippen LogP contribution in [0.5, 0.6) is 0 Å². The molecule has 0 aliphatic carbocycles. The minimum Gasteiger partial charge on any atom is -0.362 e. The van der Waals surface area contributed by atoms with Crippen molar-refractivity contribution >= 4 is 32.9 Å². The second-order valence-electron chi connectivity index (χ2n) is 9.44. The summed E-state index contributed by atoms with van der Waals surface area (Å²) in [5.74, 6) is -0.234. The molecule has 3 aromatic heterocycles. The number of thiazole rings is 1. The Morgan fingerprint density at radius 2 is 2.03 bits per heavy atom. The van der Waals surface area contributed by atoms with Crippen LogP contribution in [-0.2, 0) is 13.5 Å². The van der Waals surface area contributed by atoms with Gasteiger partial charge in [-0.1, -0.05) is 19.9 Å². The second-order valence-corrected chi connectivity index (χ2v) is 10.3. The van der Waals surface area contributed by atoms with Crippen LogP contribution in [0.25, 0.3) is 15.9 Å². The summed E-state index contributed by atoms with van der Waals surface area (Å²) in [5, 5.41) is 9.16. The molecule has 0 spiro atoms. The number of fused-ring (bicyclic) bond motifs is 2. The van der Waals surface area contributed by atoms with E-state index in [1.165, 1.54) is 16.0 Å². The highest BCUT2D eigenvalue weighted by Gasteiger charge is 2.37. The summed E-state index contributed by atoms with van der Waals surface area (Å²) in [5.41, 5.74) is 4.77. The lowest BCUT2D eigenvalue weighted by Gasteiger charge is -2.49. The molecule has 5 rings (SSSR count). The summed E-state index contributed by atoms with van der Waals surface area (Å²) in [6.07, 6.45) is 3.69. The van der Waals surface area contributed by atoms with Gasteiger partial charge in [-0.25, -0.2) is 23.6 Å². The van der Waals surface area contributed by atoms with Crippen molar-refractivity contribution in [2.45, 2.75) is 58.2 Å². The fourth-order valence-electron chi connectivity index (χ4n) is 5.45. The minimum absolute atomic E-state index is 0.116. The highest BCUT2D eigenvalue weighted by Crippen LogP contribution is 2.35. The normalized spacial score (nSPS) is 19.7. The SMILES string of the molecule is CC[C@H]1CN(C(C)c2ccc3scnc3c2F)[C@H](CC)CN1c1cc(=O)n(C)n2cc(CC#N)nc12. The van der Waals surface area contributed by atoms with Crippen molar-refractivity contribution in [3.8, 4) is 6.07 Å². The van der Waals surface area contributed by atoms with Crippen molar-refractivity contribution in [3.63, 3.8) is 0 Å². The fourth-order valence-corrected chi connectivity index (χ4v) is 6.12. The van der Waals surface area contributed by atoms with E-state index in [4.69, 9.17) is 10.2 Å². The monoisotopic (exact) mass is 507 g/mol. The Labute approximate surface area is 213 Å². The molecule has 188 valence electrons. The van der Waals surface area contributed by atoms with E-state index in [9.17, 15) is 4.79 Å². The third-order valence-corrected chi connectivity index (χ3v) is 8.33. The van der Waals surface area contributed by atoms with Crippen molar-refractivity contribution in [2.75, 3.05) is 18.0 Å². The molecule has 0 bridgehead atoms. The quantitative estimate of drug-likeness (QED) is 0.387. The predicted molar refractivity (Wildman–Crippen MR) is 140 cm³/mol. The number of piperazine rings is 1. The average Bonchev–Trinajstić information content (AvgIpc) is 3.53. The first-order chi connectivity index (χ1) is 17.4. The van der Waals surface area contributed by atoms with Gasteiger partial charge in [-0.15, -0.1) is 11.3 Å². The lowest BCUT2D eigenvalue weighted by atomic mass is 9.96. The van der Waals surface area contributed by atoms with Crippen LogP contribution in [0.3, 0.4) is 0 Å². The third-order valence-electron chi connectivity index (χ3n) is 7.54. The molecule has 8 nitrogen and oxygen atoms in total. The van der Waals surface area contributed by atoms with Crippen LogP contribution in [0.1, 0.15) is 50.9 Å². The summed E-state index contributed by atoms with van der Waals surface area (Å²) >= 11 is 1.45. The molecule has 0 amide bonds. The van der Waals surface area contributed by atoms with Gasteiger partial charge in [0.15, 0.2) is 11.5 Å². The van der Waals surface area contributed by atoms with Crippen LogP contribution in [-0.4, -0.2) is 49.2 Å². The van der Waals surface area contributed by atoms with E-state index < -0.39 is 0 Å². The van der Waals surface area contributed by atoms with Crippen molar-refractivity contribution in [2.24, 2.45) is 7.05 Å². The molecule has 4 heterocycles. The number of nitrogens with zero attached hydrogens (tertiary/aromatic N) is 7. The van der Waals surface area contributed by atoms with E-state index in [-0.39, 0.29) is 35.9 Å². The molecule has 4 aromatic rings. The summed E-state index contributed by atoms with van der Waals surface area (Å²) in [4.78, 5) is 26.5. The number of anilines is 1. The lowest BCUT2D eigenvalue weighted by Crippen LogP contribution is -2.59. The van der Waals surface area contributed by atoms with Gasteiger partial charge in [0.05, 0.1) is 40.3 Å². The number of halogens is 1. The highest BCUT2D eigenvalue weighted by atomic mass is 32.1. The Morgan fingerprint density at radius 3 is 2.75 bits per heavy atom. The smallest absolute Gasteiger partial charge is 0.267 e. The molecule has 1 aliphatic heterocycles. The molecule has 0 radical (unpaired) electrons. The lowest BCUT2D eigenvalue weighted by molar-refractivity contribution is 0.0994. The van der Waals surface area contributed by atoms with E-state index in [2.05, 4.69) is 41.6 Å². The minimum atomic E-state index is -0.234. The molecule has 1 saturated heterocycles. The number of benzene rings is 1. The first-order valence-electron chi connectivity index (χ1n) is 12.4. The Hall–Kier alpha value is -3.29. The van der Waals surface area contributed by atoms with E-state index in [0.29, 0.717) is 29.0 Å². The standard InChI is InChI=1S/C26H30FN7OS/c1-5-18-14-33(21-11-23(35)31(4)34-12-17(9-10-28)30-26(21)34)19(6-2)13-32(18)16(3)20-7-8-22-25(24(20)27)29-15-36-22/h7-8,11-12,15-16,18-19H,5-6,9,13-14H2,1-4H3/t16?,18-,19+/m1/s1. The van der Waals surface area contributed by atoms with Gasteiger partial charge in [-0.2, -0.15) is 5.26 Å². The van der Waals surface area contributed by atoms with Gasteiger partial charge in [0.25, 0.3) is 5.56 Å². The predicted octanol–water partition coefficient (Wildman–Crippen LogP) is 4.29. The molecule has 36 heavy (non-hydrogen) atoms. The largest absolute Gasteiger partial charge is 0.362 e. The van der Waals surface area contributed by atoms with Crippen molar-refractivity contribution in [1.82, 2.24) is 24.1 Å². The molecule has 1 unspecified atom stereocenters. The number of rotatable bonds is 6. The Bertz CT molecular complexity index is 1520. The molecular weight excluding hydrogens is 477 g/mol. The molecule has 1 aliphatic rings. The van der Waals surface area contributed by atoms with Crippen LogP contribution >= 0.6 is 11.3 Å². The number of imidazole rings is 1. The maximum absolute atomic E-state index is 15.4. The summed E-state index contributed by atoms with van der Waals surface area (Å²) in [6.45, 7) is 7.79. The highest BCUT2D eigenvalue weighted by molar-refractivity contribution is 7.16. The zero-order valence-electron chi connectivity index (χ0n) is 21.0. The van der Waals surface area contributed by atoms with Gasteiger partial charge in [-0.3, -0.25) is 9.69 Å². The maximum Gasteiger partial charge on any atom is 0.267 e. The molecule has 1 fully saturated rings. The zero-order chi connectivity index (χ0) is 25.6. The molecule has 1 aromatic carbocycles. The van der Waals surface area contributed by atoms with Gasteiger partial charge in [0.1, 0.15) is 5.52 Å². The Kier molecular flexibility index (Phi) is 6.53. The average molecular weight is 508 g/mol. The molecule has 0 N–H and O–H groups in total. The van der Waals surface area contributed by atoms with Crippen LogP contribution in [0.4, 0.5) is 10.1 Å². The first-order valence-corrected chi connectivity index (χ1v) is 13.2. The van der Waals surface area contributed by atoms with Gasteiger partial charge in [0, 0.05) is 49.9 Å². The molecule has 10 heteroatoms. The van der Waals surface area contributed by atoms with Gasteiger partial charge in [0.2, 0.25) is 0 Å². The van der Waals surface area contributed by atoms with Gasteiger partial charge < -0.3 is 4.90 Å². The number of aromatic nitrogens is 4. The molecular formula is C26H30FN7OS. The number of aryl methyl sites for hydroxylation is 1. The topological polar surface area (TPSA) is 82.5 Å². The zero-order valence-corrected chi connectivity index (χ0v) is 21.8. The fraction of sp³-hybridized carbons (Fsp3) is 0.462. The summed E-state index contributed by atoms with van der Waals surface area (Å²) in [7, 11) is 1.70. The maximum atomic E-state index is 15.4. The van der Waals surface area contributed by atoms with E-state index >= 15 is 4.39 Å². The van der Waals surface area contributed by atoms with Crippen LogP contribution in [0, 0.1) is 17.1 Å². The Morgan fingerprint density at radius 1 is 1.25 bits per heavy atom.